The number of hydrogen-bond acceptors (Lipinski definition) is 5. The molecule has 0 aromatic heterocycles. The van der Waals surface area contributed by atoms with Crippen molar-refractivity contribution >= 4 is 18.1 Å². The zero-order valence-electron chi connectivity index (χ0n) is 13.6. The van der Waals surface area contributed by atoms with Crippen molar-refractivity contribution in [1.29, 1.82) is 0 Å². The highest BCUT2D eigenvalue weighted by atomic mass is 16.7. The first-order valence-corrected chi connectivity index (χ1v) is 6.58. The van der Waals surface area contributed by atoms with Crippen LogP contribution in [0.1, 0.15) is 60.8 Å². The number of rotatable bonds is 4. The number of hydrogen-bond donors (Lipinski definition) is 2. The highest BCUT2D eigenvalue weighted by Gasteiger charge is 2.22. The zero-order chi connectivity index (χ0) is 17.3. The van der Waals surface area contributed by atoms with Crippen LogP contribution in [0.15, 0.2) is 0 Å². The Kier molecular flexibility index (Phi) is 9.42. The van der Waals surface area contributed by atoms with E-state index in [4.69, 9.17) is 19.7 Å². The SMILES string of the molecule is CC(C)(C)OC(=O)OC(C)(C)C.O=C(O)CCCC(=O)O. The Hall–Kier alpha value is -1.79. The Morgan fingerprint density at radius 3 is 1.24 bits per heavy atom. The monoisotopic (exact) mass is 306 g/mol. The van der Waals surface area contributed by atoms with Crippen LogP contribution in [-0.4, -0.2) is 39.5 Å². The summed E-state index contributed by atoms with van der Waals surface area (Å²) < 4.78 is 9.91. The van der Waals surface area contributed by atoms with Gasteiger partial charge in [-0.1, -0.05) is 0 Å². The van der Waals surface area contributed by atoms with E-state index in [1.54, 1.807) is 41.5 Å². The molecule has 0 spiro atoms. The predicted molar refractivity (Wildman–Crippen MR) is 76.2 cm³/mol. The third-order valence-corrected chi connectivity index (χ3v) is 1.56. The van der Waals surface area contributed by atoms with Gasteiger partial charge in [0.2, 0.25) is 0 Å². The Morgan fingerprint density at radius 2 is 1.05 bits per heavy atom. The molecule has 7 heteroatoms. The van der Waals surface area contributed by atoms with Crippen LogP contribution in [0.3, 0.4) is 0 Å². The molecule has 0 atom stereocenters. The molecule has 0 saturated heterocycles. The molecule has 0 rings (SSSR count). The van der Waals surface area contributed by atoms with Gasteiger partial charge >= 0.3 is 18.1 Å². The van der Waals surface area contributed by atoms with Gasteiger partial charge in [-0.05, 0) is 48.0 Å². The molecule has 0 bridgehead atoms. The molecular weight excluding hydrogens is 280 g/mol. The van der Waals surface area contributed by atoms with Gasteiger partial charge in [-0.15, -0.1) is 0 Å². The van der Waals surface area contributed by atoms with Gasteiger partial charge in [0.15, 0.2) is 0 Å². The van der Waals surface area contributed by atoms with Gasteiger partial charge in [0.1, 0.15) is 11.2 Å². The second-order valence-corrected chi connectivity index (χ2v) is 6.32. The molecule has 0 unspecified atom stereocenters. The Bertz CT molecular complexity index is 315. The third-order valence-electron chi connectivity index (χ3n) is 1.56. The largest absolute Gasteiger partial charge is 0.509 e. The normalized spacial score (nSPS) is 11.0. The van der Waals surface area contributed by atoms with Crippen molar-refractivity contribution in [2.24, 2.45) is 0 Å². The maximum Gasteiger partial charge on any atom is 0.509 e. The summed E-state index contributed by atoms with van der Waals surface area (Å²) in [5, 5.41) is 16.1. The topological polar surface area (TPSA) is 110 Å². The van der Waals surface area contributed by atoms with Gasteiger partial charge in [-0.2, -0.15) is 0 Å². The summed E-state index contributed by atoms with van der Waals surface area (Å²) >= 11 is 0. The summed E-state index contributed by atoms with van der Waals surface area (Å²) in [6.45, 7) is 10.8. The van der Waals surface area contributed by atoms with Crippen molar-refractivity contribution in [3.05, 3.63) is 0 Å². The minimum atomic E-state index is -0.948. The molecule has 0 aromatic carbocycles. The second kappa shape index (κ2) is 9.20. The lowest BCUT2D eigenvalue weighted by molar-refractivity contribution is -0.138. The fraction of sp³-hybridized carbons (Fsp3) is 0.786. The molecule has 7 nitrogen and oxygen atoms in total. The number of carbonyl (C=O) groups is 3. The lowest BCUT2D eigenvalue weighted by Gasteiger charge is -2.24. The van der Waals surface area contributed by atoms with Crippen molar-refractivity contribution in [3.63, 3.8) is 0 Å². The molecule has 0 amide bonds. The van der Waals surface area contributed by atoms with Gasteiger partial charge in [0.25, 0.3) is 0 Å². The van der Waals surface area contributed by atoms with Gasteiger partial charge in [0, 0.05) is 12.8 Å². The van der Waals surface area contributed by atoms with Crippen LogP contribution in [0.2, 0.25) is 0 Å². The molecule has 0 aromatic rings. The molecule has 0 aliphatic heterocycles. The standard InChI is InChI=1S/C9H18O3.C5H8O4/c1-8(2,3)11-7(10)12-9(4,5)6;6-4(7)2-1-3-5(8)9/h1-6H3;1-3H2,(H,6,7)(H,8,9). The number of carbonyl (C=O) groups excluding carboxylic acids is 1. The van der Waals surface area contributed by atoms with Crippen LogP contribution < -0.4 is 0 Å². The van der Waals surface area contributed by atoms with Crippen LogP contribution >= 0.6 is 0 Å². The fourth-order valence-electron chi connectivity index (χ4n) is 0.912. The molecule has 124 valence electrons. The van der Waals surface area contributed by atoms with Crippen molar-refractivity contribution in [1.82, 2.24) is 0 Å². The number of carboxylic acids is 2. The van der Waals surface area contributed by atoms with Crippen LogP contribution in [-0.2, 0) is 19.1 Å². The lowest BCUT2D eigenvalue weighted by Crippen LogP contribution is -2.30. The molecule has 0 heterocycles. The van der Waals surface area contributed by atoms with Crippen molar-refractivity contribution in [2.75, 3.05) is 0 Å². The van der Waals surface area contributed by atoms with E-state index < -0.39 is 29.3 Å². The summed E-state index contributed by atoms with van der Waals surface area (Å²) in [5.74, 6) is -1.90. The average Bonchev–Trinajstić information content (AvgIpc) is 2.09. The van der Waals surface area contributed by atoms with Crippen molar-refractivity contribution < 1.29 is 34.1 Å². The Balaban J connectivity index is 0. The van der Waals surface area contributed by atoms with E-state index in [0.29, 0.717) is 0 Å². The molecule has 0 radical (unpaired) electrons. The maximum absolute atomic E-state index is 11.0. The highest BCUT2D eigenvalue weighted by molar-refractivity contribution is 5.69. The van der Waals surface area contributed by atoms with Crippen LogP contribution in [0.4, 0.5) is 4.79 Å². The van der Waals surface area contributed by atoms with Crippen molar-refractivity contribution in [3.8, 4) is 0 Å². The zero-order valence-corrected chi connectivity index (χ0v) is 13.6. The quantitative estimate of drug-likeness (QED) is 0.768. The lowest BCUT2D eigenvalue weighted by atomic mass is 10.2. The molecule has 21 heavy (non-hydrogen) atoms. The van der Waals surface area contributed by atoms with Gasteiger partial charge < -0.3 is 19.7 Å². The average molecular weight is 306 g/mol. The fourth-order valence-corrected chi connectivity index (χ4v) is 0.912. The van der Waals surface area contributed by atoms with Gasteiger partial charge in [-0.3, -0.25) is 9.59 Å². The van der Waals surface area contributed by atoms with E-state index in [2.05, 4.69) is 0 Å². The maximum atomic E-state index is 11.0. The second-order valence-electron chi connectivity index (χ2n) is 6.32. The molecule has 0 aliphatic carbocycles. The van der Waals surface area contributed by atoms with E-state index in [-0.39, 0.29) is 19.3 Å². The Morgan fingerprint density at radius 1 is 0.762 bits per heavy atom. The summed E-state index contributed by atoms with van der Waals surface area (Å²) in [6.07, 6.45) is -0.529. The summed E-state index contributed by atoms with van der Waals surface area (Å²) in [5.41, 5.74) is -0.968. The molecule has 0 aliphatic rings. The number of aliphatic carboxylic acids is 2. The predicted octanol–water partition coefficient (Wildman–Crippen LogP) is 3.06. The molecule has 2 N–H and O–H groups in total. The number of carboxylic acid groups (broad SMARTS) is 2. The first-order chi connectivity index (χ1) is 9.23. The van der Waals surface area contributed by atoms with Crippen LogP contribution in [0.5, 0.6) is 0 Å². The first kappa shape index (κ1) is 21.5. The van der Waals surface area contributed by atoms with Gasteiger partial charge in [0.05, 0.1) is 0 Å². The van der Waals surface area contributed by atoms with E-state index in [1.807, 2.05) is 0 Å². The van der Waals surface area contributed by atoms with E-state index in [9.17, 15) is 14.4 Å². The van der Waals surface area contributed by atoms with Gasteiger partial charge in [-0.25, -0.2) is 4.79 Å². The first-order valence-electron chi connectivity index (χ1n) is 6.58. The molecule has 0 saturated carbocycles. The summed E-state index contributed by atoms with van der Waals surface area (Å²) in [7, 11) is 0. The molecule has 0 fully saturated rings. The molecular formula is C14H26O7. The smallest absolute Gasteiger partial charge is 0.481 e. The van der Waals surface area contributed by atoms with E-state index >= 15 is 0 Å². The minimum absolute atomic E-state index is 0.0632. The minimum Gasteiger partial charge on any atom is -0.481 e. The summed E-state index contributed by atoms with van der Waals surface area (Å²) in [6, 6.07) is 0. The number of ether oxygens (including phenoxy) is 2. The third kappa shape index (κ3) is 23.7. The highest BCUT2D eigenvalue weighted by Crippen LogP contribution is 2.13. The van der Waals surface area contributed by atoms with Crippen molar-refractivity contribution in [2.45, 2.75) is 72.0 Å². The van der Waals surface area contributed by atoms with E-state index in [0.717, 1.165) is 0 Å². The van der Waals surface area contributed by atoms with Crippen LogP contribution in [0.25, 0.3) is 0 Å². The van der Waals surface area contributed by atoms with E-state index in [1.165, 1.54) is 0 Å². The van der Waals surface area contributed by atoms with Crippen LogP contribution in [0, 0.1) is 0 Å². The summed E-state index contributed by atoms with van der Waals surface area (Å²) in [4.78, 5) is 30.6. The Labute approximate surface area is 125 Å².